The molecule has 2 nitrogen and oxygen atoms in total. The maximum atomic E-state index is 6.27. The van der Waals surface area contributed by atoms with Gasteiger partial charge in [0.05, 0.1) is 6.61 Å². The summed E-state index contributed by atoms with van der Waals surface area (Å²) in [4.78, 5) is 0. The molecule has 120 valence electrons. The highest BCUT2D eigenvalue weighted by atomic mass is 16.5. The molecule has 1 aromatic rings. The Balaban J connectivity index is 2.17. The van der Waals surface area contributed by atoms with Gasteiger partial charge in [-0.1, -0.05) is 70.9 Å². The minimum absolute atomic E-state index is 0.167. The summed E-state index contributed by atoms with van der Waals surface area (Å²) < 4.78 is 5.59. The van der Waals surface area contributed by atoms with E-state index in [9.17, 15) is 0 Å². The van der Waals surface area contributed by atoms with E-state index in [-0.39, 0.29) is 6.04 Å². The standard InChI is InChI=1S/C19H33NO/c1-3-5-6-7-8-9-10-11-19(20)17-12-14-18(15-13-17)21-16-4-2/h12-15,19H,3-11,16,20H2,1-2H3. The highest BCUT2D eigenvalue weighted by Crippen LogP contribution is 2.21. The summed E-state index contributed by atoms with van der Waals surface area (Å²) in [5.41, 5.74) is 7.49. The van der Waals surface area contributed by atoms with Crippen LogP contribution in [0.4, 0.5) is 0 Å². The molecule has 1 aromatic carbocycles. The number of hydrogen-bond acceptors (Lipinski definition) is 2. The lowest BCUT2D eigenvalue weighted by molar-refractivity contribution is 0.317. The van der Waals surface area contributed by atoms with E-state index in [1.54, 1.807) is 0 Å². The molecule has 0 fully saturated rings. The van der Waals surface area contributed by atoms with Crippen molar-refractivity contribution in [2.75, 3.05) is 6.61 Å². The van der Waals surface area contributed by atoms with Crippen molar-refractivity contribution in [1.82, 2.24) is 0 Å². The van der Waals surface area contributed by atoms with Crippen molar-refractivity contribution in [3.05, 3.63) is 29.8 Å². The Hall–Kier alpha value is -1.02. The molecule has 0 bridgehead atoms. The van der Waals surface area contributed by atoms with Crippen LogP contribution in [-0.2, 0) is 0 Å². The lowest BCUT2D eigenvalue weighted by atomic mass is 10.0. The van der Waals surface area contributed by atoms with Gasteiger partial charge in [0.2, 0.25) is 0 Å². The monoisotopic (exact) mass is 291 g/mol. The van der Waals surface area contributed by atoms with Crippen LogP contribution in [0.1, 0.15) is 83.2 Å². The molecular weight excluding hydrogens is 258 g/mol. The summed E-state index contributed by atoms with van der Waals surface area (Å²) in [7, 11) is 0. The van der Waals surface area contributed by atoms with Gasteiger partial charge in [-0.2, -0.15) is 0 Å². The van der Waals surface area contributed by atoms with E-state index >= 15 is 0 Å². The second kappa shape index (κ2) is 11.6. The third-order valence-corrected chi connectivity index (χ3v) is 3.90. The summed E-state index contributed by atoms with van der Waals surface area (Å²) >= 11 is 0. The normalized spacial score (nSPS) is 12.3. The number of rotatable bonds is 12. The van der Waals surface area contributed by atoms with Crippen LogP contribution in [0, 0.1) is 0 Å². The van der Waals surface area contributed by atoms with E-state index in [1.165, 1.54) is 50.5 Å². The van der Waals surface area contributed by atoms with Gasteiger partial charge >= 0.3 is 0 Å². The fraction of sp³-hybridized carbons (Fsp3) is 0.684. The Morgan fingerprint density at radius 3 is 2.10 bits per heavy atom. The van der Waals surface area contributed by atoms with Crippen molar-refractivity contribution in [1.29, 1.82) is 0 Å². The molecule has 0 saturated carbocycles. The van der Waals surface area contributed by atoms with Crippen molar-refractivity contribution in [3.8, 4) is 5.75 Å². The highest BCUT2D eigenvalue weighted by Gasteiger charge is 2.05. The topological polar surface area (TPSA) is 35.2 Å². The van der Waals surface area contributed by atoms with Gasteiger partial charge in [0, 0.05) is 6.04 Å². The molecule has 0 aliphatic rings. The van der Waals surface area contributed by atoms with E-state index in [4.69, 9.17) is 10.5 Å². The highest BCUT2D eigenvalue weighted by molar-refractivity contribution is 5.28. The maximum absolute atomic E-state index is 6.27. The second-order valence-corrected chi connectivity index (χ2v) is 5.93. The zero-order valence-electron chi connectivity index (χ0n) is 13.9. The smallest absolute Gasteiger partial charge is 0.119 e. The minimum atomic E-state index is 0.167. The summed E-state index contributed by atoms with van der Waals surface area (Å²) in [6.07, 6.45) is 11.5. The first-order valence-corrected chi connectivity index (χ1v) is 8.76. The molecule has 1 unspecified atom stereocenters. The molecule has 2 heteroatoms. The molecule has 0 aromatic heterocycles. The summed E-state index contributed by atoms with van der Waals surface area (Å²) in [5, 5.41) is 0. The van der Waals surface area contributed by atoms with Crippen molar-refractivity contribution >= 4 is 0 Å². The average molecular weight is 291 g/mol. The number of nitrogens with two attached hydrogens (primary N) is 1. The molecule has 0 saturated heterocycles. The van der Waals surface area contributed by atoms with E-state index in [0.29, 0.717) is 0 Å². The molecule has 0 heterocycles. The fourth-order valence-corrected chi connectivity index (χ4v) is 2.52. The maximum Gasteiger partial charge on any atom is 0.119 e. The Labute approximate surface area is 131 Å². The van der Waals surface area contributed by atoms with Crippen LogP contribution in [0.15, 0.2) is 24.3 Å². The molecule has 0 aliphatic heterocycles. The zero-order chi connectivity index (χ0) is 15.3. The van der Waals surface area contributed by atoms with Crippen molar-refractivity contribution < 1.29 is 4.74 Å². The molecule has 1 atom stereocenters. The average Bonchev–Trinajstić information content (AvgIpc) is 2.52. The van der Waals surface area contributed by atoms with Crippen LogP contribution in [0.25, 0.3) is 0 Å². The first kappa shape index (κ1) is 18.0. The molecule has 2 N–H and O–H groups in total. The second-order valence-electron chi connectivity index (χ2n) is 5.93. The number of hydrogen-bond donors (Lipinski definition) is 1. The fourth-order valence-electron chi connectivity index (χ4n) is 2.52. The van der Waals surface area contributed by atoms with E-state index in [1.807, 2.05) is 12.1 Å². The number of ether oxygens (including phenoxy) is 1. The number of benzene rings is 1. The lowest BCUT2D eigenvalue weighted by Crippen LogP contribution is -2.10. The molecule has 0 radical (unpaired) electrons. The first-order valence-electron chi connectivity index (χ1n) is 8.76. The van der Waals surface area contributed by atoms with E-state index in [0.717, 1.165) is 25.2 Å². The van der Waals surface area contributed by atoms with Gasteiger partial charge in [0.1, 0.15) is 5.75 Å². The molecular formula is C19H33NO. The van der Waals surface area contributed by atoms with Gasteiger partial charge in [0.25, 0.3) is 0 Å². The quantitative estimate of drug-likeness (QED) is 0.507. The van der Waals surface area contributed by atoms with Gasteiger partial charge in [-0.3, -0.25) is 0 Å². The Morgan fingerprint density at radius 2 is 1.48 bits per heavy atom. The van der Waals surface area contributed by atoms with Crippen LogP contribution in [-0.4, -0.2) is 6.61 Å². The lowest BCUT2D eigenvalue weighted by Gasteiger charge is -2.13. The van der Waals surface area contributed by atoms with Gasteiger partial charge in [-0.15, -0.1) is 0 Å². The van der Waals surface area contributed by atoms with Gasteiger partial charge in [-0.05, 0) is 30.5 Å². The molecule has 0 aliphatic carbocycles. The van der Waals surface area contributed by atoms with Crippen LogP contribution < -0.4 is 10.5 Å². The molecule has 0 spiro atoms. The zero-order valence-corrected chi connectivity index (χ0v) is 13.9. The Kier molecular flexibility index (Phi) is 9.98. The molecule has 0 amide bonds. The third kappa shape index (κ3) is 8.11. The van der Waals surface area contributed by atoms with Crippen LogP contribution in [0.5, 0.6) is 5.75 Å². The van der Waals surface area contributed by atoms with Crippen LogP contribution in [0.3, 0.4) is 0 Å². The van der Waals surface area contributed by atoms with Crippen LogP contribution in [0.2, 0.25) is 0 Å². The Bertz CT molecular complexity index is 347. The summed E-state index contributed by atoms with van der Waals surface area (Å²) in [5.74, 6) is 0.948. The van der Waals surface area contributed by atoms with Crippen molar-refractivity contribution in [3.63, 3.8) is 0 Å². The van der Waals surface area contributed by atoms with E-state index in [2.05, 4.69) is 26.0 Å². The minimum Gasteiger partial charge on any atom is -0.494 e. The van der Waals surface area contributed by atoms with Crippen molar-refractivity contribution in [2.24, 2.45) is 5.73 Å². The Morgan fingerprint density at radius 1 is 0.857 bits per heavy atom. The van der Waals surface area contributed by atoms with Gasteiger partial charge in [0.15, 0.2) is 0 Å². The van der Waals surface area contributed by atoms with Gasteiger partial charge in [-0.25, -0.2) is 0 Å². The van der Waals surface area contributed by atoms with E-state index < -0.39 is 0 Å². The predicted molar refractivity (Wildman–Crippen MR) is 91.8 cm³/mol. The molecule has 21 heavy (non-hydrogen) atoms. The largest absolute Gasteiger partial charge is 0.494 e. The van der Waals surface area contributed by atoms with Crippen molar-refractivity contribution in [2.45, 2.75) is 77.7 Å². The molecule has 1 rings (SSSR count). The SMILES string of the molecule is CCCCCCCCCC(N)c1ccc(OCCC)cc1. The third-order valence-electron chi connectivity index (χ3n) is 3.90. The predicted octanol–water partition coefficient (Wildman–Crippen LogP) is 5.62. The summed E-state index contributed by atoms with van der Waals surface area (Å²) in [6, 6.07) is 8.46. The van der Waals surface area contributed by atoms with Crippen LogP contribution >= 0.6 is 0 Å². The number of unbranched alkanes of at least 4 members (excludes halogenated alkanes) is 6. The summed E-state index contributed by atoms with van der Waals surface area (Å²) in [6.45, 7) is 5.16. The van der Waals surface area contributed by atoms with Gasteiger partial charge < -0.3 is 10.5 Å². The first-order chi connectivity index (χ1) is 10.3.